The van der Waals surface area contributed by atoms with Crippen molar-refractivity contribution >= 4 is 5.69 Å². The van der Waals surface area contributed by atoms with Crippen molar-refractivity contribution in [3.63, 3.8) is 0 Å². The van der Waals surface area contributed by atoms with Gasteiger partial charge in [0, 0.05) is 17.0 Å². The van der Waals surface area contributed by atoms with Crippen LogP contribution in [-0.4, -0.2) is 4.92 Å². The molecule has 0 bridgehead atoms. The highest BCUT2D eigenvalue weighted by molar-refractivity contribution is 5.59. The molecular formula is C17H16N4O3. The van der Waals surface area contributed by atoms with Gasteiger partial charge in [-0.2, -0.15) is 10.5 Å². The number of nitro groups is 1. The number of rotatable bonds is 2. The molecule has 0 fully saturated rings. The van der Waals surface area contributed by atoms with Gasteiger partial charge in [-0.3, -0.25) is 10.1 Å². The minimum Gasteiger partial charge on any atom is -0.443 e. The molecule has 1 aromatic rings. The van der Waals surface area contributed by atoms with E-state index in [9.17, 15) is 20.6 Å². The van der Waals surface area contributed by atoms with Crippen LogP contribution in [0.3, 0.4) is 0 Å². The normalized spacial score (nSPS) is 17.8. The van der Waals surface area contributed by atoms with Crippen LogP contribution < -0.4 is 5.73 Å². The lowest BCUT2D eigenvalue weighted by Gasteiger charge is -2.31. The quantitative estimate of drug-likeness (QED) is 0.657. The standard InChI is InChI=1S/C17H16N4O3/c1-17(2,3)15-11(8-18)14(12(9-19)16(20)24-15)10-6-4-5-7-13(10)21(22)23/h4-7,14H,20H2,1-3H3. The van der Waals surface area contributed by atoms with Crippen LogP contribution in [0.15, 0.2) is 47.1 Å². The minimum atomic E-state index is -0.926. The number of para-hydroxylation sites is 1. The number of nitrogens with two attached hydrogens (primary N) is 1. The topological polar surface area (TPSA) is 126 Å². The van der Waals surface area contributed by atoms with E-state index in [4.69, 9.17) is 10.5 Å². The zero-order chi connectivity index (χ0) is 18.1. The van der Waals surface area contributed by atoms with E-state index in [-0.39, 0.29) is 28.3 Å². The SMILES string of the molecule is CC(C)(C)C1=C(C#N)C(c2ccccc2[N+](=O)[O-])C(C#N)=C(N)O1. The summed E-state index contributed by atoms with van der Waals surface area (Å²) in [6, 6.07) is 9.99. The van der Waals surface area contributed by atoms with Crippen molar-refractivity contribution in [2.24, 2.45) is 11.1 Å². The second kappa shape index (κ2) is 6.05. The molecule has 7 nitrogen and oxygen atoms in total. The van der Waals surface area contributed by atoms with E-state index in [0.717, 1.165) is 0 Å². The average Bonchev–Trinajstić information content (AvgIpc) is 2.52. The highest BCUT2D eigenvalue weighted by Gasteiger charge is 2.39. The van der Waals surface area contributed by atoms with E-state index in [1.165, 1.54) is 18.2 Å². The Hall–Kier alpha value is -3.32. The molecule has 0 radical (unpaired) electrons. The summed E-state index contributed by atoms with van der Waals surface area (Å²) < 4.78 is 5.53. The molecule has 0 saturated carbocycles. The lowest BCUT2D eigenvalue weighted by atomic mass is 9.78. The first kappa shape index (κ1) is 17.0. The van der Waals surface area contributed by atoms with Crippen LogP contribution in [0.1, 0.15) is 32.3 Å². The number of hydrogen-bond donors (Lipinski definition) is 1. The molecule has 2 N–H and O–H groups in total. The number of nitriles is 2. The summed E-state index contributed by atoms with van der Waals surface area (Å²) >= 11 is 0. The molecular weight excluding hydrogens is 308 g/mol. The van der Waals surface area contributed by atoms with Gasteiger partial charge in [-0.1, -0.05) is 39.0 Å². The number of nitro benzene ring substituents is 1. The van der Waals surface area contributed by atoms with Gasteiger partial charge in [0.25, 0.3) is 5.69 Å². The summed E-state index contributed by atoms with van der Waals surface area (Å²) in [5.41, 5.74) is 5.53. The van der Waals surface area contributed by atoms with Gasteiger partial charge in [0.05, 0.1) is 22.5 Å². The van der Waals surface area contributed by atoms with Crippen molar-refractivity contribution in [1.82, 2.24) is 0 Å². The Morgan fingerprint density at radius 1 is 1.21 bits per heavy atom. The van der Waals surface area contributed by atoms with Crippen molar-refractivity contribution in [2.45, 2.75) is 26.7 Å². The molecule has 2 rings (SSSR count). The van der Waals surface area contributed by atoms with E-state index in [1.807, 2.05) is 26.8 Å². The fourth-order valence-corrected chi connectivity index (χ4v) is 2.64. The van der Waals surface area contributed by atoms with Gasteiger partial charge in [-0.15, -0.1) is 0 Å². The Balaban J connectivity index is 2.83. The van der Waals surface area contributed by atoms with E-state index < -0.39 is 16.3 Å². The van der Waals surface area contributed by atoms with Crippen LogP contribution >= 0.6 is 0 Å². The number of benzene rings is 1. The second-order valence-corrected chi connectivity index (χ2v) is 6.35. The summed E-state index contributed by atoms with van der Waals surface area (Å²) in [5.74, 6) is -0.751. The summed E-state index contributed by atoms with van der Waals surface area (Å²) in [7, 11) is 0. The summed E-state index contributed by atoms with van der Waals surface area (Å²) in [6.07, 6.45) is 0. The van der Waals surface area contributed by atoms with Gasteiger partial charge >= 0.3 is 0 Å². The predicted octanol–water partition coefficient (Wildman–Crippen LogP) is 3.23. The van der Waals surface area contributed by atoms with Crippen LogP contribution in [0.25, 0.3) is 0 Å². The maximum atomic E-state index is 11.4. The zero-order valence-electron chi connectivity index (χ0n) is 13.5. The largest absolute Gasteiger partial charge is 0.443 e. The third-order valence-electron chi connectivity index (χ3n) is 3.67. The molecule has 0 spiro atoms. The summed E-state index contributed by atoms with van der Waals surface area (Å²) in [6.45, 7) is 5.50. The van der Waals surface area contributed by atoms with Crippen LogP contribution in [0.4, 0.5) is 5.69 Å². The van der Waals surface area contributed by atoms with Crippen molar-refractivity contribution in [2.75, 3.05) is 0 Å². The highest BCUT2D eigenvalue weighted by Crippen LogP contribution is 2.45. The first-order valence-corrected chi connectivity index (χ1v) is 7.18. The smallest absolute Gasteiger partial charge is 0.273 e. The number of allylic oxidation sites excluding steroid dienone is 3. The molecule has 1 atom stereocenters. The minimum absolute atomic E-state index is 0.00569. The molecule has 0 aliphatic carbocycles. The Labute approximate surface area is 139 Å². The predicted molar refractivity (Wildman–Crippen MR) is 85.8 cm³/mol. The molecule has 7 heteroatoms. The van der Waals surface area contributed by atoms with Gasteiger partial charge in [0.1, 0.15) is 17.4 Å². The number of ether oxygens (including phenoxy) is 1. The van der Waals surface area contributed by atoms with E-state index in [2.05, 4.69) is 6.07 Å². The van der Waals surface area contributed by atoms with Gasteiger partial charge in [0.2, 0.25) is 5.88 Å². The Morgan fingerprint density at radius 2 is 1.79 bits per heavy atom. The van der Waals surface area contributed by atoms with Crippen molar-refractivity contribution < 1.29 is 9.66 Å². The van der Waals surface area contributed by atoms with Gasteiger partial charge in [0.15, 0.2) is 0 Å². The van der Waals surface area contributed by atoms with Gasteiger partial charge in [-0.25, -0.2) is 0 Å². The Kier molecular flexibility index (Phi) is 4.30. The van der Waals surface area contributed by atoms with Crippen molar-refractivity contribution in [3.8, 4) is 12.1 Å². The first-order valence-electron chi connectivity index (χ1n) is 7.18. The maximum absolute atomic E-state index is 11.4. The lowest BCUT2D eigenvalue weighted by Crippen LogP contribution is -2.26. The van der Waals surface area contributed by atoms with Crippen LogP contribution in [-0.2, 0) is 4.74 Å². The second-order valence-electron chi connectivity index (χ2n) is 6.35. The van der Waals surface area contributed by atoms with Crippen molar-refractivity contribution in [1.29, 1.82) is 10.5 Å². The van der Waals surface area contributed by atoms with E-state index in [0.29, 0.717) is 5.76 Å². The first-order chi connectivity index (χ1) is 11.2. The summed E-state index contributed by atoms with van der Waals surface area (Å²) in [5, 5.41) is 30.5. The molecule has 1 aromatic carbocycles. The van der Waals surface area contributed by atoms with Gasteiger partial charge in [-0.05, 0) is 0 Å². The van der Waals surface area contributed by atoms with E-state index in [1.54, 1.807) is 6.07 Å². The molecule has 0 amide bonds. The molecule has 0 aromatic heterocycles. The third-order valence-corrected chi connectivity index (χ3v) is 3.67. The fraction of sp³-hybridized carbons (Fsp3) is 0.294. The van der Waals surface area contributed by atoms with Crippen molar-refractivity contribution in [3.05, 3.63) is 62.7 Å². The fourth-order valence-electron chi connectivity index (χ4n) is 2.64. The van der Waals surface area contributed by atoms with Crippen LogP contribution in [0.2, 0.25) is 0 Å². The number of hydrogen-bond acceptors (Lipinski definition) is 6. The highest BCUT2D eigenvalue weighted by atomic mass is 16.6. The van der Waals surface area contributed by atoms with Crippen LogP contribution in [0, 0.1) is 38.2 Å². The molecule has 1 unspecified atom stereocenters. The average molecular weight is 324 g/mol. The molecule has 1 aliphatic heterocycles. The zero-order valence-corrected chi connectivity index (χ0v) is 13.5. The lowest BCUT2D eigenvalue weighted by molar-refractivity contribution is -0.385. The number of nitrogens with zero attached hydrogens (tertiary/aromatic N) is 3. The van der Waals surface area contributed by atoms with Gasteiger partial charge < -0.3 is 10.5 Å². The Bertz CT molecular complexity index is 848. The third kappa shape index (κ3) is 2.80. The Morgan fingerprint density at radius 3 is 2.29 bits per heavy atom. The van der Waals surface area contributed by atoms with E-state index >= 15 is 0 Å². The maximum Gasteiger partial charge on any atom is 0.273 e. The molecule has 1 aliphatic rings. The molecule has 122 valence electrons. The summed E-state index contributed by atoms with van der Waals surface area (Å²) in [4.78, 5) is 10.8. The molecule has 0 saturated heterocycles. The molecule has 24 heavy (non-hydrogen) atoms. The molecule has 1 heterocycles. The monoisotopic (exact) mass is 324 g/mol. The van der Waals surface area contributed by atoms with Crippen LogP contribution in [0.5, 0.6) is 0 Å².